The lowest BCUT2D eigenvalue weighted by atomic mass is 10.2. The van der Waals surface area contributed by atoms with Gasteiger partial charge in [0.1, 0.15) is 5.75 Å². The van der Waals surface area contributed by atoms with Gasteiger partial charge in [0.15, 0.2) is 6.61 Å². The first kappa shape index (κ1) is 20.5. The number of para-hydroxylation sites is 1. The number of amides is 2. The topological polar surface area (TPSA) is 58.6 Å². The summed E-state index contributed by atoms with van der Waals surface area (Å²) in [5.41, 5.74) is 0.868. The minimum Gasteiger partial charge on any atom is -0.483 e. The van der Waals surface area contributed by atoms with E-state index in [1.807, 2.05) is 4.90 Å². The Morgan fingerprint density at radius 1 is 0.964 bits per heavy atom. The van der Waals surface area contributed by atoms with Crippen molar-refractivity contribution in [1.82, 2.24) is 4.90 Å². The standard InChI is InChI=1S/C21H22Cl2N2O3/c22-17-10-9-15(13-18(17)23)24-21(27)16-7-3-4-8-19(16)28-14-20(26)25-11-5-1-2-6-12-25/h3-4,7-10,13H,1-2,5-6,11-12,14H2,(H,24,27). The van der Waals surface area contributed by atoms with Crippen LogP contribution in [0, 0.1) is 0 Å². The Morgan fingerprint density at radius 3 is 2.39 bits per heavy atom. The fourth-order valence-electron chi connectivity index (χ4n) is 3.10. The van der Waals surface area contributed by atoms with Gasteiger partial charge in [0.2, 0.25) is 0 Å². The lowest BCUT2D eigenvalue weighted by Crippen LogP contribution is -2.35. The van der Waals surface area contributed by atoms with Gasteiger partial charge in [-0.1, -0.05) is 48.2 Å². The zero-order valence-electron chi connectivity index (χ0n) is 15.4. The van der Waals surface area contributed by atoms with Gasteiger partial charge in [-0.05, 0) is 43.2 Å². The van der Waals surface area contributed by atoms with E-state index in [-0.39, 0.29) is 18.4 Å². The van der Waals surface area contributed by atoms with Gasteiger partial charge in [-0.15, -0.1) is 0 Å². The Bertz CT molecular complexity index is 849. The van der Waals surface area contributed by atoms with Crippen molar-refractivity contribution in [2.45, 2.75) is 25.7 Å². The molecule has 0 bridgehead atoms. The van der Waals surface area contributed by atoms with E-state index in [9.17, 15) is 9.59 Å². The fourth-order valence-corrected chi connectivity index (χ4v) is 3.40. The summed E-state index contributed by atoms with van der Waals surface area (Å²) in [5.74, 6) is -0.0407. The van der Waals surface area contributed by atoms with Gasteiger partial charge >= 0.3 is 0 Å². The van der Waals surface area contributed by atoms with Crippen LogP contribution < -0.4 is 10.1 Å². The van der Waals surface area contributed by atoms with E-state index in [0.717, 1.165) is 38.8 Å². The monoisotopic (exact) mass is 420 g/mol. The van der Waals surface area contributed by atoms with E-state index in [2.05, 4.69) is 5.32 Å². The number of rotatable bonds is 5. The van der Waals surface area contributed by atoms with Gasteiger partial charge in [0.05, 0.1) is 15.6 Å². The average molecular weight is 421 g/mol. The van der Waals surface area contributed by atoms with Crippen LogP contribution in [-0.2, 0) is 4.79 Å². The maximum Gasteiger partial charge on any atom is 0.260 e. The summed E-state index contributed by atoms with van der Waals surface area (Å²) in [6.07, 6.45) is 4.35. The summed E-state index contributed by atoms with van der Waals surface area (Å²) in [4.78, 5) is 26.9. The van der Waals surface area contributed by atoms with Crippen LogP contribution in [-0.4, -0.2) is 36.4 Å². The number of anilines is 1. The van der Waals surface area contributed by atoms with Crippen LogP contribution in [0.2, 0.25) is 10.0 Å². The quantitative estimate of drug-likeness (QED) is 0.737. The number of halogens is 2. The van der Waals surface area contributed by atoms with Crippen LogP contribution in [0.1, 0.15) is 36.0 Å². The maximum atomic E-state index is 12.7. The number of likely N-dealkylation sites (tertiary alicyclic amines) is 1. The molecule has 0 spiro atoms. The third kappa shape index (κ3) is 5.40. The highest BCUT2D eigenvalue weighted by atomic mass is 35.5. The molecule has 1 aliphatic rings. The van der Waals surface area contributed by atoms with E-state index >= 15 is 0 Å². The first-order valence-electron chi connectivity index (χ1n) is 9.30. The summed E-state index contributed by atoms with van der Waals surface area (Å²) >= 11 is 11.9. The van der Waals surface area contributed by atoms with E-state index in [0.29, 0.717) is 27.0 Å². The summed E-state index contributed by atoms with van der Waals surface area (Å²) < 4.78 is 5.70. The highest BCUT2D eigenvalue weighted by molar-refractivity contribution is 6.42. The number of carbonyl (C=O) groups excluding carboxylic acids is 2. The van der Waals surface area contributed by atoms with Crippen LogP contribution in [0.15, 0.2) is 42.5 Å². The molecule has 0 aliphatic carbocycles. The van der Waals surface area contributed by atoms with E-state index in [4.69, 9.17) is 27.9 Å². The Morgan fingerprint density at radius 2 is 1.68 bits per heavy atom. The Balaban J connectivity index is 1.65. The van der Waals surface area contributed by atoms with Crippen molar-refractivity contribution in [3.8, 4) is 5.75 Å². The second kappa shape index (κ2) is 9.80. The largest absolute Gasteiger partial charge is 0.483 e. The zero-order chi connectivity index (χ0) is 19.9. The summed E-state index contributed by atoms with van der Waals surface area (Å²) in [6.45, 7) is 1.44. The van der Waals surface area contributed by atoms with Crippen molar-refractivity contribution >= 4 is 40.7 Å². The molecule has 1 saturated heterocycles. The molecule has 0 unspecified atom stereocenters. The number of carbonyl (C=O) groups is 2. The lowest BCUT2D eigenvalue weighted by Gasteiger charge is -2.20. The Kier molecular flexibility index (Phi) is 7.18. The maximum absolute atomic E-state index is 12.7. The third-order valence-corrected chi connectivity index (χ3v) is 5.36. The molecule has 1 heterocycles. The lowest BCUT2D eigenvalue weighted by molar-refractivity contribution is -0.133. The summed E-state index contributed by atoms with van der Waals surface area (Å²) in [7, 11) is 0. The molecular weight excluding hydrogens is 399 g/mol. The molecule has 1 aliphatic heterocycles. The predicted molar refractivity (Wildman–Crippen MR) is 111 cm³/mol. The highest BCUT2D eigenvalue weighted by Gasteiger charge is 2.18. The van der Waals surface area contributed by atoms with Crippen LogP contribution in [0.5, 0.6) is 5.75 Å². The zero-order valence-corrected chi connectivity index (χ0v) is 16.9. The summed E-state index contributed by atoms with van der Waals surface area (Å²) in [5, 5.41) is 3.53. The molecule has 2 amide bonds. The number of ether oxygens (including phenoxy) is 1. The Hall–Kier alpha value is -2.24. The van der Waals surface area contributed by atoms with Gasteiger partial charge in [0, 0.05) is 18.8 Å². The minimum atomic E-state index is -0.351. The van der Waals surface area contributed by atoms with E-state index in [1.54, 1.807) is 42.5 Å². The second-order valence-corrected chi connectivity index (χ2v) is 7.48. The molecule has 5 nitrogen and oxygen atoms in total. The van der Waals surface area contributed by atoms with Crippen LogP contribution in [0.4, 0.5) is 5.69 Å². The number of benzene rings is 2. The molecule has 0 saturated carbocycles. The number of hydrogen-bond acceptors (Lipinski definition) is 3. The normalized spacial score (nSPS) is 14.3. The van der Waals surface area contributed by atoms with Gasteiger partial charge in [-0.3, -0.25) is 9.59 Å². The molecule has 2 aromatic rings. The van der Waals surface area contributed by atoms with Crippen molar-refractivity contribution in [1.29, 1.82) is 0 Å². The fraction of sp³-hybridized carbons (Fsp3) is 0.333. The third-order valence-electron chi connectivity index (χ3n) is 4.62. The van der Waals surface area contributed by atoms with Crippen molar-refractivity contribution < 1.29 is 14.3 Å². The first-order chi connectivity index (χ1) is 13.5. The SMILES string of the molecule is O=C(Nc1ccc(Cl)c(Cl)c1)c1ccccc1OCC(=O)N1CCCCCC1. The van der Waals surface area contributed by atoms with Gasteiger partial charge in [-0.25, -0.2) is 0 Å². The molecule has 7 heteroatoms. The van der Waals surface area contributed by atoms with Gasteiger partial charge in [-0.2, -0.15) is 0 Å². The van der Waals surface area contributed by atoms with Crippen LogP contribution in [0.3, 0.4) is 0 Å². The number of nitrogens with one attached hydrogen (secondary N) is 1. The molecule has 0 radical (unpaired) electrons. The predicted octanol–water partition coefficient (Wildman–Crippen LogP) is 5.03. The van der Waals surface area contributed by atoms with Crippen molar-refractivity contribution in [2.24, 2.45) is 0 Å². The molecule has 1 fully saturated rings. The molecule has 2 aromatic carbocycles. The highest BCUT2D eigenvalue weighted by Crippen LogP contribution is 2.26. The van der Waals surface area contributed by atoms with Crippen LogP contribution >= 0.6 is 23.2 Å². The number of nitrogens with zero attached hydrogens (tertiary/aromatic N) is 1. The average Bonchev–Trinajstić information content (AvgIpc) is 2.99. The van der Waals surface area contributed by atoms with Crippen molar-refractivity contribution in [2.75, 3.05) is 25.0 Å². The summed E-state index contributed by atoms with van der Waals surface area (Å²) in [6, 6.07) is 11.7. The molecule has 148 valence electrons. The van der Waals surface area contributed by atoms with Gasteiger partial charge < -0.3 is 15.0 Å². The molecule has 0 atom stereocenters. The van der Waals surface area contributed by atoms with Gasteiger partial charge in [0.25, 0.3) is 11.8 Å². The van der Waals surface area contributed by atoms with Crippen LogP contribution in [0.25, 0.3) is 0 Å². The van der Waals surface area contributed by atoms with Crippen molar-refractivity contribution in [3.05, 3.63) is 58.1 Å². The molecule has 28 heavy (non-hydrogen) atoms. The molecule has 0 aromatic heterocycles. The smallest absolute Gasteiger partial charge is 0.260 e. The number of hydrogen-bond donors (Lipinski definition) is 1. The molecule has 3 rings (SSSR count). The Labute approximate surface area is 174 Å². The van der Waals surface area contributed by atoms with E-state index in [1.165, 1.54) is 0 Å². The molecular formula is C21H22Cl2N2O3. The molecule has 1 N–H and O–H groups in total. The first-order valence-corrected chi connectivity index (χ1v) is 10.1. The minimum absolute atomic E-state index is 0.0541. The van der Waals surface area contributed by atoms with E-state index < -0.39 is 0 Å². The van der Waals surface area contributed by atoms with Crippen molar-refractivity contribution in [3.63, 3.8) is 0 Å². The second-order valence-electron chi connectivity index (χ2n) is 6.66.